The molecule has 0 amide bonds. The fourth-order valence-corrected chi connectivity index (χ4v) is 3.04. The molecule has 0 aliphatic carbocycles. The summed E-state index contributed by atoms with van der Waals surface area (Å²) in [5.41, 5.74) is 0.282. The van der Waals surface area contributed by atoms with Crippen LogP contribution in [0.1, 0.15) is 16.8 Å². The van der Waals surface area contributed by atoms with E-state index < -0.39 is 6.36 Å². The molecule has 1 unspecified atom stereocenters. The molecule has 1 heterocycles. The number of hydrogen-bond acceptors (Lipinski definition) is 3. The molecule has 1 atom stereocenters. The Morgan fingerprint density at radius 3 is 2.78 bits per heavy atom. The molecule has 0 radical (unpaired) electrons. The third-order valence-electron chi connectivity index (χ3n) is 2.65. The van der Waals surface area contributed by atoms with Crippen molar-refractivity contribution in [2.24, 2.45) is 5.92 Å². The molecule has 18 heavy (non-hydrogen) atoms. The van der Waals surface area contributed by atoms with E-state index >= 15 is 0 Å². The summed E-state index contributed by atoms with van der Waals surface area (Å²) in [5.74, 6) is 1.13. The summed E-state index contributed by atoms with van der Waals surface area (Å²) < 4.78 is 40.0. The molecular weight excluding hydrogens is 265 g/mol. The second-order valence-corrected chi connectivity index (χ2v) is 5.15. The average Bonchev–Trinajstić information content (AvgIpc) is 2.79. The SMILES string of the molecule is O=C(c1cccc(OC(F)(F)F)c1)C1CCSC1. The Balaban J connectivity index is 2.13. The number of halogens is 3. The van der Waals surface area contributed by atoms with Crippen molar-refractivity contribution in [1.29, 1.82) is 0 Å². The maximum atomic E-state index is 12.1. The normalized spacial score (nSPS) is 19.8. The van der Waals surface area contributed by atoms with E-state index in [1.807, 2.05) is 0 Å². The molecule has 2 rings (SSSR count). The lowest BCUT2D eigenvalue weighted by Gasteiger charge is -2.11. The van der Waals surface area contributed by atoms with Crippen LogP contribution in [0.15, 0.2) is 24.3 Å². The number of hydrogen-bond donors (Lipinski definition) is 0. The van der Waals surface area contributed by atoms with E-state index in [9.17, 15) is 18.0 Å². The summed E-state index contributed by atoms with van der Waals surface area (Å²) in [4.78, 5) is 12.0. The summed E-state index contributed by atoms with van der Waals surface area (Å²) in [7, 11) is 0. The lowest BCUT2D eigenvalue weighted by atomic mass is 9.97. The molecule has 98 valence electrons. The molecule has 1 aromatic carbocycles. The summed E-state index contributed by atoms with van der Waals surface area (Å²) in [6.07, 6.45) is -3.95. The average molecular weight is 276 g/mol. The molecule has 6 heteroatoms. The fourth-order valence-electron chi connectivity index (χ4n) is 1.82. The highest BCUT2D eigenvalue weighted by molar-refractivity contribution is 7.99. The highest BCUT2D eigenvalue weighted by atomic mass is 32.2. The van der Waals surface area contributed by atoms with E-state index in [0.29, 0.717) is 0 Å². The van der Waals surface area contributed by atoms with Gasteiger partial charge >= 0.3 is 6.36 Å². The lowest BCUT2D eigenvalue weighted by Crippen LogP contribution is -2.18. The number of alkyl halides is 3. The largest absolute Gasteiger partial charge is 0.573 e. The van der Waals surface area contributed by atoms with E-state index in [2.05, 4.69) is 4.74 Å². The van der Waals surface area contributed by atoms with Crippen molar-refractivity contribution in [3.8, 4) is 5.75 Å². The maximum absolute atomic E-state index is 12.1. The Morgan fingerprint density at radius 2 is 2.17 bits per heavy atom. The Bertz CT molecular complexity index is 439. The Morgan fingerprint density at radius 1 is 1.39 bits per heavy atom. The minimum atomic E-state index is -4.73. The van der Waals surface area contributed by atoms with E-state index in [-0.39, 0.29) is 23.0 Å². The van der Waals surface area contributed by atoms with Crippen LogP contribution in [0.4, 0.5) is 13.2 Å². The monoisotopic (exact) mass is 276 g/mol. The van der Waals surface area contributed by atoms with Crippen LogP contribution in [-0.4, -0.2) is 23.7 Å². The number of Topliss-reactive ketones (excluding diaryl/α,β-unsaturated/α-hetero) is 1. The Hall–Kier alpha value is -1.17. The molecule has 1 saturated heterocycles. The van der Waals surface area contributed by atoms with Gasteiger partial charge in [0, 0.05) is 17.2 Å². The highest BCUT2D eigenvalue weighted by Gasteiger charge is 2.31. The first-order chi connectivity index (χ1) is 8.46. The Labute approximate surface area is 107 Å². The predicted molar refractivity (Wildman–Crippen MR) is 62.9 cm³/mol. The quantitative estimate of drug-likeness (QED) is 0.790. The zero-order valence-corrected chi connectivity index (χ0v) is 10.2. The van der Waals surface area contributed by atoms with Crippen molar-refractivity contribution < 1.29 is 22.7 Å². The van der Waals surface area contributed by atoms with Gasteiger partial charge in [-0.2, -0.15) is 11.8 Å². The van der Waals surface area contributed by atoms with E-state index in [1.165, 1.54) is 18.2 Å². The van der Waals surface area contributed by atoms with E-state index in [0.717, 1.165) is 24.0 Å². The summed E-state index contributed by atoms with van der Waals surface area (Å²) in [6.45, 7) is 0. The number of ketones is 1. The maximum Gasteiger partial charge on any atom is 0.573 e. The van der Waals surface area contributed by atoms with Gasteiger partial charge in [0.15, 0.2) is 5.78 Å². The summed E-state index contributed by atoms with van der Waals surface area (Å²) in [5, 5.41) is 0. The van der Waals surface area contributed by atoms with Gasteiger partial charge in [-0.25, -0.2) is 0 Å². The molecule has 0 spiro atoms. The van der Waals surface area contributed by atoms with Crippen LogP contribution in [-0.2, 0) is 0 Å². The lowest BCUT2D eigenvalue weighted by molar-refractivity contribution is -0.274. The van der Waals surface area contributed by atoms with Gasteiger partial charge in [-0.05, 0) is 24.3 Å². The standard InChI is InChI=1S/C12H11F3O2S/c13-12(14,15)17-10-3-1-2-8(6-10)11(16)9-4-5-18-7-9/h1-3,6,9H,4-5,7H2. The van der Waals surface area contributed by atoms with Crippen molar-refractivity contribution in [3.63, 3.8) is 0 Å². The topological polar surface area (TPSA) is 26.3 Å². The number of benzene rings is 1. The van der Waals surface area contributed by atoms with Gasteiger partial charge in [-0.3, -0.25) is 4.79 Å². The Kier molecular flexibility index (Phi) is 3.85. The zero-order valence-electron chi connectivity index (χ0n) is 9.37. The molecule has 1 aliphatic heterocycles. The molecule has 0 aromatic heterocycles. The van der Waals surface area contributed by atoms with Gasteiger partial charge in [0.2, 0.25) is 0 Å². The van der Waals surface area contributed by atoms with Gasteiger partial charge in [-0.15, -0.1) is 13.2 Å². The van der Waals surface area contributed by atoms with E-state index in [1.54, 1.807) is 11.8 Å². The van der Waals surface area contributed by atoms with Gasteiger partial charge in [0.25, 0.3) is 0 Å². The summed E-state index contributed by atoms with van der Waals surface area (Å²) >= 11 is 1.69. The van der Waals surface area contributed by atoms with Crippen LogP contribution in [0.5, 0.6) is 5.75 Å². The van der Waals surface area contributed by atoms with Crippen molar-refractivity contribution in [3.05, 3.63) is 29.8 Å². The van der Waals surface area contributed by atoms with Gasteiger partial charge < -0.3 is 4.74 Å². The molecular formula is C12H11F3O2S. The first-order valence-electron chi connectivity index (χ1n) is 5.43. The second kappa shape index (κ2) is 5.22. The smallest absolute Gasteiger partial charge is 0.406 e. The number of ether oxygens (including phenoxy) is 1. The van der Waals surface area contributed by atoms with Crippen LogP contribution in [0.25, 0.3) is 0 Å². The van der Waals surface area contributed by atoms with Crippen LogP contribution >= 0.6 is 11.8 Å². The van der Waals surface area contributed by atoms with Crippen LogP contribution < -0.4 is 4.74 Å². The van der Waals surface area contributed by atoms with E-state index in [4.69, 9.17) is 0 Å². The van der Waals surface area contributed by atoms with Crippen molar-refractivity contribution in [2.75, 3.05) is 11.5 Å². The minimum Gasteiger partial charge on any atom is -0.406 e. The molecule has 0 N–H and O–H groups in total. The van der Waals surface area contributed by atoms with Gasteiger partial charge in [0.05, 0.1) is 0 Å². The van der Waals surface area contributed by atoms with Gasteiger partial charge in [-0.1, -0.05) is 12.1 Å². The van der Waals surface area contributed by atoms with Crippen LogP contribution in [0, 0.1) is 5.92 Å². The van der Waals surface area contributed by atoms with Gasteiger partial charge in [0.1, 0.15) is 5.75 Å². The number of carbonyl (C=O) groups is 1. The van der Waals surface area contributed by atoms with Crippen molar-refractivity contribution in [1.82, 2.24) is 0 Å². The van der Waals surface area contributed by atoms with Crippen LogP contribution in [0.2, 0.25) is 0 Å². The molecule has 1 fully saturated rings. The molecule has 0 saturated carbocycles. The minimum absolute atomic E-state index is 0.0869. The third-order valence-corrected chi connectivity index (χ3v) is 3.82. The highest BCUT2D eigenvalue weighted by Crippen LogP contribution is 2.29. The molecule has 1 aromatic rings. The predicted octanol–water partition coefficient (Wildman–Crippen LogP) is 3.52. The molecule has 0 bridgehead atoms. The first-order valence-corrected chi connectivity index (χ1v) is 6.59. The van der Waals surface area contributed by atoms with Crippen LogP contribution in [0.3, 0.4) is 0 Å². The van der Waals surface area contributed by atoms with Crippen molar-refractivity contribution in [2.45, 2.75) is 12.8 Å². The second-order valence-electron chi connectivity index (χ2n) is 4.00. The summed E-state index contributed by atoms with van der Waals surface area (Å²) in [6, 6.07) is 5.26. The molecule has 1 aliphatic rings. The fraction of sp³-hybridized carbons (Fsp3) is 0.417. The number of carbonyl (C=O) groups excluding carboxylic acids is 1. The number of thioether (sulfide) groups is 1. The molecule has 2 nitrogen and oxygen atoms in total. The first kappa shape index (κ1) is 13.3. The third kappa shape index (κ3) is 3.41. The van der Waals surface area contributed by atoms with Crippen molar-refractivity contribution >= 4 is 17.5 Å². The zero-order chi connectivity index (χ0) is 13.2. The number of rotatable bonds is 3.